The van der Waals surface area contributed by atoms with Gasteiger partial charge in [-0.3, -0.25) is 9.59 Å². The van der Waals surface area contributed by atoms with E-state index in [0.717, 1.165) is 0 Å². The van der Waals surface area contributed by atoms with Crippen LogP contribution in [0.1, 0.15) is 6.42 Å². The molecule has 2 aliphatic rings. The Labute approximate surface area is 119 Å². The molecule has 5 heteroatoms. The van der Waals surface area contributed by atoms with Crippen LogP contribution in [0.15, 0.2) is 37.6 Å². The van der Waals surface area contributed by atoms with Crippen LogP contribution in [0.2, 0.25) is 0 Å². The first kappa shape index (κ1) is 14.5. The van der Waals surface area contributed by atoms with E-state index in [1.54, 1.807) is 29.3 Å². The molecule has 0 aromatic heterocycles. The van der Waals surface area contributed by atoms with Crippen molar-refractivity contribution in [2.45, 2.75) is 24.6 Å². The van der Waals surface area contributed by atoms with E-state index >= 15 is 0 Å². The van der Waals surface area contributed by atoms with E-state index in [-0.39, 0.29) is 23.8 Å². The van der Waals surface area contributed by atoms with Crippen LogP contribution in [-0.2, 0) is 14.3 Å². The lowest BCUT2D eigenvalue weighted by Crippen LogP contribution is -2.72. The summed E-state index contributed by atoms with van der Waals surface area (Å²) in [4.78, 5) is 27.5. The second kappa shape index (κ2) is 6.05. The largest absolute Gasteiger partial charge is 0.369 e. The van der Waals surface area contributed by atoms with Crippen LogP contribution in [0.5, 0.6) is 0 Å². The highest BCUT2D eigenvalue weighted by molar-refractivity contribution is 5.93. The van der Waals surface area contributed by atoms with Gasteiger partial charge in [0, 0.05) is 32.8 Å². The van der Waals surface area contributed by atoms with Crippen molar-refractivity contribution < 1.29 is 14.3 Å². The molecule has 0 aromatic rings. The number of rotatable bonds is 6. The Morgan fingerprint density at radius 1 is 1.35 bits per heavy atom. The van der Waals surface area contributed by atoms with Crippen LogP contribution in [0, 0.1) is 0 Å². The van der Waals surface area contributed by atoms with Crippen molar-refractivity contribution in [3.63, 3.8) is 0 Å². The van der Waals surface area contributed by atoms with Gasteiger partial charge in [-0.2, -0.15) is 0 Å². The molecule has 108 valence electrons. The average Bonchev–Trinajstić information content (AvgIpc) is 2.44. The van der Waals surface area contributed by atoms with Crippen LogP contribution in [0.3, 0.4) is 0 Å². The molecule has 0 saturated carbocycles. The van der Waals surface area contributed by atoms with Gasteiger partial charge in [0.05, 0.1) is 12.1 Å². The number of allylic oxidation sites excluding steroid dienone is 1. The molecule has 0 aromatic carbocycles. The molecule has 1 amide bonds. The Morgan fingerprint density at radius 2 is 2.05 bits per heavy atom. The monoisotopic (exact) mass is 276 g/mol. The molecule has 2 heterocycles. The number of carbonyl (C=O) groups is 2. The Balaban J connectivity index is 2.23. The molecule has 3 atom stereocenters. The van der Waals surface area contributed by atoms with Gasteiger partial charge in [0.15, 0.2) is 11.9 Å². The maximum Gasteiger partial charge on any atom is 0.254 e. The van der Waals surface area contributed by atoms with Gasteiger partial charge in [-0.15, -0.1) is 13.2 Å². The first-order valence-electron chi connectivity index (χ1n) is 6.66. The van der Waals surface area contributed by atoms with E-state index in [9.17, 15) is 9.59 Å². The molecule has 5 nitrogen and oxygen atoms in total. The summed E-state index contributed by atoms with van der Waals surface area (Å²) in [7, 11) is 1.53. The fourth-order valence-corrected chi connectivity index (χ4v) is 2.88. The molecule has 2 rings (SSSR count). The lowest BCUT2D eigenvalue weighted by molar-refractivity contribution is -0.175. The first-order valence-corrected chi connectivity index (χ1v) is 6.66. The van der Waals surface area contributed by atoms with Gasteiger partial charge in [0.2, 0.25) is 0 Å². The number of likely N-dealkylation sites (tertiary alicyclic amines) is 1. The summed E-state index contributed by atoms with van der Waals surface area (Å²) in [6, 6.07) is -0.201. The summed E-state index contributed by atoms with van der Waals surface area (Å²) in [6.07, 6.45) is 6.73. The molecule has 1 fully saturated rings. The second-order valence-corrected chi connectivity index (χ2v) is 4.97. The van der Waals surface area contributed by atoms with Crippen LogP contribution in [0.4, 0.5) is 0 Å². The maximum absolute atomic E-state index is 12.0. The van der Waals surface area contributed by atoms with E-state index in [0.29, 0.717) is 19.5 Å². The molecule has 0 bridgehead atoms. The normalized spacial score (nSPS) is 29.4. The zero-order chi connectivity index (χ0) is 14.7. The van der Waals surface area contributed by atoms with Crippen LogP contribution >= 0.6 is 0 Å². The van der Waals surface area contributed by atoms with E-state index < -0.39 is 6.10 Å². The predicted octanol–water partition coefficient (Wildman–Crippen LogP) is 0.741. The molecule has 0 radical (unpaired) electrons. The van der Waals surface area contributed by atoms with E-state index in [2.05, 4.69) is 13.2 Å². The Hall–Kier alpha value is -1.88. The SMILES string of the molecule is C=CCN1C=CC(=O)CC1[C@H]1[C@@H](OC)C(=O)N1CC=C. The number of carbonyl (C=O) groups excluding carboxylic acids is 2. The van der Waals surface area contributed by atoms with Gasteiger partial charge >= 0.3 is 0 Å². The number of hydrogen-bond donors (Lipinski definition) is 0. The standard InChI is InChI=1S/C15H20N2O3/c1-4-7-16-9-6-11(18)10-12(16)13-14(20-3)15(19)17(13)8-5-2/h4-6,9,12-14H,1-2,7-8,10H2,3H3/t12?,13-,14+/m0/s1. The van der Waals surface area contributed by atoms with Gasteiger partial charge in [-0.1, -0.05) is 12.2 Å². The third kappa shape index (κ3) is 2.41. The van der Waals surface area contributed by atoms with Crippen molar-refractivity contribution in [1.82, 2.24) is 9.80 Å². The number of β-lactam (4-membered cyclic amide) rings is 1. The van der Waals surface area contributed by atoms with Gasteiger partial charge in [-0.25, -0.2) is 0 Å². The van der Waals surface area contributed by atoms with Gasteiger partial charge < -0.3 is 14.5 Å². The van der Waals surface area contributed by atoms with Gasteiger partial charge in [0.25, 0.3) is 5.91 Å². The number of methoxy groups -OCH3 is 1. The molecule has 0 aliphatic carbocycles. The third-order valence-electron chi connectivity index (χ3n) is 3.80. The molecular formula is C15H20N2O3. The fraction of sp³-hybridized carbons (Fsp3) is 0.467. The molecule has 1 unspecified atom stereocenters. The minimum absolute atomic E-state index is 0.0436. The Morgan fingerprint density at radius 3 is 2.65 bits per heavy atom. The van der Waals surface area contributed by atoms with E-state index in [1.165, 1.54) is 7.11 Å². The van der Waals surface area contributed by atoms with Crippen molar-refractivity contribution in [1.29, 1.82) is 0 Å². The second-order valence-electron chi connectivity index (χ2n) is 4.97. The van der Waals surface area contributed by atoms with Crippen molar-refractivity contribution in [2.75, 3.05) is 20.2 Å². The van der Waals surface area contributed by atoms with Crippen LogP contribution in [-0.4, -0.2) is 59.9 Å². The minimum Gasteiger partial charge on any atom is -0.369 e. The number of nitrogens with zero attached hydrogens (tertiary/aromatic N) is 2. The van der Waals surface area contributed by atoms with Crippen molar-refractivity contribution in [3.05, 3.63) is 37.6 Å². The zero-order valence-electron chi connectivity index (χ0n) is 11.7. The molecular weight excluding hydrogens is 256 g/mol. The van der Waals surface area contributed by atoms with Gasteiger partial charge in [-0.05, 0) is 6.08 Å². The number of hydrogen-bond acceptors (Lipinski definition) is 4. The third-order valence-corrected chi connectivity index (χ3v) is 3.80. The zero-order valence-corrected chi connectivity index (χ0v) is 11.7. The molecule has 0 N–H and O–H groups in total. The highest BCUT2D eigenvalue weighted by atomic mass is 16.5. The summed E-state index contributed by atoms with van der Waals surface area (Å²) in [5, 5.41) is 0. The summed E-state index contributed by atoms with van der Waals surface area (Å²) in [5.41, 5.74) is 0. The highest BCUT2D eigenvalue weighted by Crippen LogP contribution is 2.31. The lowest BCUT2D eigenvalue weighted by atomic mass is 9.85. The van der Waals surface area contributed by atoms with Crippen molar-refractivity contribution in [3.8, 4) is 0 Å². The quantitative estimate of drug-likeness (QED) is 0.530. The van der Waals surface area contributed by atoms with Crippen LogP contribution < -0.4 is 0 Å². The molecule has 0 spiro atoms. The van der Waals surface area contributed by atoms with Gasteiger partial charge in [0.1, 0.15) is 0 Å². The Kier molecular flexibility index (Phi) is 4.39. The Bertz CT molecular complexity index is 458. The topological polar surface area (TPSA) is 49.9 Å². The summed E-state index contributed by atoms with van der Waals surface area (Å²) in [6.45, 7) is 8.51. The number of amides is 1. The van der Waals surface area contributed by atoms with Crippen molar-refractivity contribution >= 4 is 11.7 Å². The summed E-state index contributed by atoms with van der Waals surface area (Å²) < 4.78 is 5.29. The number of ketones is 1. The first-order chi connectivity index (χ1) is 9.63. The molecule has 1 saturated heterocycles. The lowest BCUT2D eigenvalue weighted by Gasteiger charge is -2.52. The summed E-state index contributed by atoms with van der Waals surface area (Å²) in [5.74, 6) is 0.0287. The summed E-state index contributed by atoms with van der Waals surface area (Å²) >= 11 is 0. The number of ether oxygens (including phenoxy) is 1. The van der Waals surface area contributed by atoms with E-state index in [1.807, 2.05) is 4.90 Å². The van der Waals surface area contributed by atoms with E-state index in [4.69, 9.17) is 4.74 Å². The van der Waals surface area contributed by atoms with Crippen LogP contribution in [0.25, 0.3) is 0 Å². The minimum atomic E-state index is -0.480. The smallest absolute Gasteiger partial charge is 0.254 e. The molecule has 20 heavy (non-hydrogen) atoms. The maximum atomic E-state index is 12.0. The molecule has 2 aliphatic heterocycles. The average molecular weight is 276 g/mol. The fourth-order valence-electron chi connectivity index (χ4n) is 2.88. The predicted molar refractivity (Wildman–Crippen MR) is 76.0 cm³/mol. The highest BCUT2D eigenvalue weighted by Gasteiger charge is 2.52. The van der Waals surface area contributed by atoms with Crippen molar-refractivity contribution in [2.24, 2.45) is 0 Å².